The van der Waals surface area contributed by atoms with Crippen molar-refractivity contribution in [2.75, 3.05) is 19.6 Å². The van der Waals surface area contributed by atoms with Crippen LogP contribution in [0.25, 0.3) is 160 Å². The summed E-state index contributed by atoms with van der Waals surface area (Å²) in [6.45, 7) is 0. The molecule has 14 heteroatoms. The summed E-state index contributed by atoms with van der Waals surface area (Å²) in [5.74, 6) is 1.66. The van der Waals surface area contributed by atoms with Crippen LogP contribution < -0.4 is 19.6 Å². The van der Waals surface area contributed by atoms with E-state index < -0.39 is 0 Å². The number of hydrogen-bond donors (Lipinski definition) is 0. The van der Waals surface area contributed by atoms with E-state index in [0.29, 0.717) is 0 Å². The zero-order valence-electron chi connectivity index (χ0n) is 68.7. The van der Waals surface area contributed by atoms with Crippen LogP contribution in [0.3, 0.4) is 0 Å². The number of thiazole rings is 4. The van der Waals surface area contributed by atoms with Crippen molar-refractivity contribution in [1.82, 2.24) is 29.9 Å². The predicted molar refractivity (Wildman–Crippen MR) is 542 cm³/mol. The largest absolute Gasteiger partial charge is 0.310 e. The molecule has 128 heavy (non-hydrogen) atoms. The van der Waals surface area contributed by atoms with Gasteiger partial charge in [-0.3, -0.25) is 9.80 Å². The summed E-state index contributed by atoms with van der Waals surface area (Å²) < 4.78 is 4.67. The molecule has 0 saturated heterocycles. The molecular weight excluding hydrogens is 1640 g/mol. The summed E-state index contributed by atoms with van der Waals surface area (Å²) in [6.07, 6.45) is 3.70. The maximum Gasteiger partial charge on any atom is 0.137 e. The standard InChI is InChI=1S/C114H72N10S4/c1-2-14-73(15-3-1)75-32-45-87(46-33-75)121(89-49-36-78(37-50-89)111-117-101-16-4-7-19-105(101)125-111)93-57-61-97-83(68-93)28-29-84-69-94(58-62-98(84)97)122(90-51-38-79(39-52-90)112-118-102-17-5-8-20-106(102)126-112)88-47-34-76(35-48-88)74-24-26-77(27-25-74)82-44-65-108-104(72-82)120-114(128-108)81-42-55-92(56-43-81)124(110-23-11-13-67-116-110)96-60-64-100-86(71-96)31-30-85-70-95(59-63-99(85)100)123(109-22-10-12-66-115-109)91-53-40-80(41-54-91)113-119-103-18-6-9-21-107(103)127-113/h1-72H. The lowest BCUT2D eigenvalue weighted by atomic mass is 9.99. The number of rotatable bonds is 19. The Labute approximate surface area is 754 Å². The maximum atomic E-state index is 5.29. The van der Waals surface area contributed by atoms with Crippen LogP contribution in [0, 0.1) is 0 Å². The fourth-order valence-corrected chi connectivity index (χ4v) is 21.5. The van der Waals surface area contributed by atoms with Gasteiger partial charge in [0.2, 0.25) is 0 Å². The number of pyridine rings is 2. The van der Waals surface area contributed by atoms with Gasteiger partial charge in [0.25, 0.3) is 0 Å². The molecule has 6 heterocycles. The molecule has 0 spiro atoms. The third-order valence-electron chi connectivity index (χ3n) is 24.1. The van der Waals surface area contributed by atoms with E-state index in [4.69, 9.17) is 29.9 Å². The molecule has 24 rings (SSSR count). The molecule has 10 nitrogen and oxygen atoms in total. The van der Waals surface area contributed by atoms with E-state index in [1.165, 1.54) is 41.4 Å². The van der Waals surface area contributed by atoms with E-state index >= 15 is 0 Å². The van der Waals surface area contributed by atoms with Crippen molar-refractivity contribution in [2.45, 2.75) is 0 Å². The van der Waals surface area contributed by atoms with E-state index in [1.807, 2.05) is 42.7 Å². The first-order chi connectivity index (χ1) is 63.3. The highest BCUT2D eigenvalue weighted by molar-refractivity contribution is 7.22. The summed E-state index contributed by atoms with van der Waals surface area (Å²) in [6, 6.07) is 152. The van der Waals surface area contributed by atoms with Crippen molar-refractivity contribution >= 4 is 198 Å². The molecule has 0 aliphatic carbocycles. The molecule has 18 aromatic carbocycles. The summed E-state index contributed by atoms with van der Waals surface area (Å²) in [5, 5.41) is 13.2. The van der Waals surface area contributed by atoms with Crippen LogP contribution in [0.4, 0.5) is 68.5 Å². The lowest BCUT2D eigenvalue weighted by Crippen LogP contribution is -2.11. The van der Waals surface area contributed by atoms with Gasteiger partial charge in [0, 0.05) is 91.5 Å². The van der Waals surface area contributed by atoms with Crippen LogP contribution in [-0.4, -0.2) is 29.9 Å². The molecule has 0 N–H and O–H groups in total. The molecule has 0 saturated carbocycles. The number of benzene rings is 18. The second-order valence-electron chi connectivity index (χ2n) is 31.9. The van der Waals surface area contributed by atoms with Crippen molar-refractivity contribution < 1.29 is 0 Å². The minimum Gasteiger partial charge on any atom is -0.310 e. The average molecular weight is 1710 g/mol. The van der Waals surface area contributed by atoms with Crippen molar-refractivity contribution in [3.63, 3.8) is 0 Å². The van der Waals surface area contributed by atoms with Gasteiger partial charge in [0.15, 0.2) is 0 Å². The van der Waals surface area contributed by atoms with Gasteiger partial charge in [-0.15, -0.1) is 45.3 Å². The molecule has 0 aliphatic heterocycles. The van der Waals surface area contributed by atoms with Gasteiger partial charge in [-0.2, -0.15) is 0 Å². The number of hydrogen-bond acceptors (Lipinski definition) is 14. The van der Waals surface area contributed by atoms with Gasteiger partial charge < -0.3 is 9.80 Å². The van der Waals surface area contributed by atoms with Crippen LogP contribution in [0.1, 0.15) is 0 Å². The zero-order valence-corrected chi connectivity index (χ0v) is 71.9. The lowest BCUT2D eigenvalue weighted by molar-refractivity contribution is 1.18. The van der Waals surface area contributed by atoms with Crippen molar-refractivity contribution in [3.05, 3.63) is 437 Å². The third-order valence-corrected chi connectivity index (χ3v) is 28.4. The highest BCUT2D eigenvalue weighted by Crippen LogP contribution is 2.47. The Morgan fingerprint density at radius 2 is 0.414 bits per heavy atom. The molecule has 0 fully saturated rings. The van der Waals surface area contributed by atoms with Crippen LogP contribution >= 0.6 is 45.3 Å². The molecule has 6 aromatic heterocycles. The second-order valence-corrected chi connectivity index (χ2v) is 36.0. The Morgan fingerprint density at radius 1 is 0.164 bits per heavy atom. The minimum atomic E-state index is 0.822. The molecule has 0 aliphatic rings. The first kappa shape index (κ1) is 75.8. The van der Waals surface area contributed by atoms with Crippen LogP contribution in [0.2, 0.25) is 0 Å². The van der Waals surface area contributed by atoms with E-state index in [1.54, 1.807) is 45.3 Å². The average Bonchev–Trinajstić information content (AvgIpc) is 1.47. The lowest BCUT2D eigenvalue weighted by Gasteiger charge is -2.27. The Hall–Kier alpha value is -15.9. The Kier molecular flexibility index (Phi) is 19.1. The molecule has 0 bridgehead atoms. The number of aromatic nitrogens is 6. The molecular formula is C114H72N10S4. The number of para-hydroxylation sites is 3. The van der Waals surface area contributed by atoms with Crippen LogP contribution in [-0.2, 0) is 0 Å². The van der Waals surface area contributed by atoms with Gasteiger partial charge in [0.05, 0.1) is 40.9 Å². The molecule has 0 unspecified atom stereocenters. The smallest absolute Gasteiger partial charge is 0.137 e. The molecule has 24 aromatic rings. The quantitative estimate of drug-likeness (QED) is 0.0729. The monoisotopic (exact) mass is 1710 g/mol. The molecule has 0 atom stereocenters. The van der Waals surface area contributed by atoms with E-state index in [-0.39, 0.29) is 0 Å². The summed E-state index contributed by atoms with van der Waals surface area (Å²) >= 11 is 6.87. The van der Waals surface area contributed by atoms with E-state index in [0.717, 1.165) is 187 Å². The van der Waals surface area contributed by atoms with Crippen molar-refractivity contribution in [3.8, 4) is 75.7 Å². The first-order valence-electron chi connectivity index (χ1n) is 42.5. The highest BCUT2D eigenvalue weighted by atomic mass is 32.1. The third kappa shape index (κ3) is 14.3. The second kappa shape index (κ2) is 32.3. The fraction of sp³-hybridized carbons (Fsp3) is 0. The number of fused-ring (bicyclic) bond motifs is 10. The number of nitrogens with zero attached hydrogens (tertiary/aromatic N) is 10. The first-order valence-corrected chi connectivity index (χ1v) is 45.8. The molecule has 0 radical (unpaired) electrons. The highest BCUT2D eigenvalue weighted by Gasteiger charge is 2.24. The normalized spacial score (nSPS) is 11.6. The zero-order chi connectivity index (χ0) is 84.5. The van der Waals surface area contributed by atoms with Crippen LogP contribution in [0.15, 0.2) is 437 Å². The maximum absolute atomic E-state index is 5.29. The van der Waals surface area contributed by atoms with Gasteiger partial charge in [0.1, 0.15) is 31.7 Å². The molecule has 0 amide bonds. The van der Waals surface area contributed by atoms with Gasteiger partial charge in [-0.1, -0.05) is 182 Å². The fourth-order valence-electron chi connectivity index (χ4n) is 17.7. The van der Waals surface area contributed by atoms with Crippen molar-refractivity contribution in [2.24, 2.45) is 0 Å². The molecule has 602 valence electrons. The van der Waals surface area contributed by atoms with E-state index in [2.05, 4.69) is 414 Å². The Balaban J connectivity index is 0.490. The summed E-state index contributed by atoms with van der Waals surface area (Å²) in [7, 11) is 0. The Morgan fingerprint density at radius 3 is 0.742 bits per heavy atom. The van der Waals surface area contributed by atoms with Crippen LogP contribution in [0.5, 0.6) is 0 Å². The SMILES string of the molecule is c1ccc(-c2ccc(N(c3ccc(-c4nc5ccccc5s4)cc3)c3ccc4c(ccc5cc(N(c6ccc(-c7ccc(-c8ccc9sc(-c%10ccc(N(c%11ccc%12c(ccc%13cc(N(c%14ccc(-c%15nc%16ccccc%16s%15)cc%14)c%14ccccn%14)ccc%13%12)c%11)c%11ccccn%11)cc%10)nc9c8)cc7)cc6)c6ccc(-c7nc8ccccc8s7)cc6)ccc54)c3)cc2)cc1. The topological polar surface area (TPSA) is 90.3 Å². The van der Waals surface area contributed by atoms with E-state index in [9.17, 15) is 0 Å². The Bertz CT molecular complexity index is 8200. The van der Waals surface area contributed by atoms with Gasteiger partial charge in [-0.25, -0.2) is 29.9 Å². The summed E-state index contributed by atoms with van der Waals surface area (Å²) in [4.78, 5) is 39.2. The predicted octanol–water partition coefficient (Wildman–Crippen LogP) is 33.1. The number of anilines is 12. The van der Waals surface area contributed by atoms with Crippen molar-refractivity contribution in [1.29, 1.82) is 0 Å². The minimum absolute atomic E-state index is 0.822. The van der Waals surface area contributed by atoms with Gasteiger partial charge >= 0.3 is 0 Å². The van der Waals surface area contributed by atoms with Gasteiger partial charge in [-0.05, 0) is 319 Å². The summed E-state index contributed by atoms with van der Waals surface area (Å²) in [5.41, 5.74) is 25.5.